The Morgan fingerprint density at radius 3 is 2.04 bits per heavy atom. The van der Waals surface area contributed by atoms with Gasteiger partial charge >= 0.3 is 13.7 Å². The Kier molecular flexibility index (Phi) is 8.13. The molecule has 0 aliphatic heterocycles. The maximum Gasteiger partial charge on any atom is 0.475 e. The largest absolute Gasteiger partial charge is 0.475 e. The quantitative estimate of drug-likeness (QED) is 0.468. The van der Waals surface area contributed by atoms with Gasteiger partial charge in [0.05, 0.1) is 13.2 Å². The fourth-order valence-electron chi connectivity index (χ4n) is 2.54. The lowest BCUT2D eigenvalue weighted by Gasteiger charge is -2.32. The highest BCUT2D eigenvalue weighted by Gasteiger charge is 2.52. The van der Waals surface area contributed by atoms with Crippen LogP contribution in [0.2, 0.25) is 5.02 Å². The third kappa shape index (κ3) is 5.60. The highest BCUT2D eigenvalue weighted by molar-refractivity contribution is 7.48. The van der Waals surface area contributed by atoms with Gasteiger partial charge in [-0.15, -0.1) is 0 Å². The van der Waals surface area contributed by atoms with E-state index in [9.17, 15) is 9.67 Å². The van der Waals surface area contributed by atoms with Crippen molar-refractivity contribution in [3.8, 4) is 0 Å². The van der Waals surface area contributed by atoms with Gasteiger partial charge in [0.1, 0.15) is 6.10 Å². The molecule has 2 aromatic rings. The molecule has 2 rings (SSSR count). The number of aliphatic hydroxyl groups is 1. The summed E-state index contributed by atoms with van der Waals surface area (Å²) in [6.07, 6.45) is -4.32. The van der Waals surface area contributed by atoms with Gasteiger partial charge in [-0.2, -0.15) is 0 Å². The SMILES string of the molecule is CCOP(=O)(OCC)O[C@H](c1ccccc1)C(F)(F)[C@@H](O)c1ccc(Cl)cc1. The first kappa shape index (κ1) is 22.9. The van der Waals surface area contributed by atoms with Gasteiger partial charge in [0, 0.05) is 5.02 Å². The maximum absolute atomic E-state index is 15.3. The minimum Gasteiger partial charge on any atom is -0.382 e. The van der Waals surface area contributed by atoms with Crippen molar-refractivity contribution in [3.05, 3.63) is 70.7 Å². The summed E-state index contributed by atoms with van der Waals surface area (Å²) >= 11 is 5.78. The summed E-state index contributed by atoms with van der Waals surface area (Å²) in [5.41, 5.74) is -0.0540. The molecule has 0 fully saturated rings. The van der Waals surface area contributed by atoms with Crippen LogP contribution in [0.25, 0.3) is 0 Å². The zero-order valence-electron chi connectivity index (χ0n) is 15.4. The third-order valence-electron chi connectivity index (χ3n) is 3.81. The molecule has 0 amide bonds. The fourth-order valence-corrected chi connectivity index (χ4v) is 4.01. The molecule has 5 nitrogen and oxygen atoms in total. The molecule has 9 heteroatoms. The van der Waals surface area contributed by atoms with Gasteiger partial charge in [0.2, 0.25) is 0 Å². The molecule has 0 saturated heterocycles. The van der Waals surface area contributed by atoms with Crippen LogP contribution in [0.4, 0.5) is 8.78 Å². The lowest BCUT2D eigenvalue weighted by atomic mass is 9.95. The Balaban J connectivity index is 2.45. The summed E-state index contributed by atoms with van der Waals surface area (Å²) in [5, 5.41) is 10.7. The van der Waals surface area contributed by atoms with Crippen molar-refractivity contribution < 1.29 is 32.0 Å². The lowest BCUT2D eigenvalue weighted by Crippen LogP contribution is -2.35. The topological polar surface area (TPSA) is 65.0 Å². The highest BCUT2D eigenvalue weighted by atomic mass is 35.5. The van der Waals surface area contributed by atoms with Crippen LogP contribution in [0, 0.1) is 0 Å². The third-order valence-corrected chi connectivity index (χ3v) is 5.68. The molecule has 1 N–H and O–H groups in total. The summed E-state index contributed by atoms with van der Waals surface area (Å²) in [6, 6.07) is 12.8. The molecular weight excluding hydrogens is 413 g/mol. The molecule has 0 bridgehead atoms. The van der Waals surface area contributed by atoms with E-state index >= 15 is 8.78 Å². The minimum atomic E-state index is -4.29. The van der Waals surface area contributed by atoms with Crippen molar-refractivity contribution in [3.63, 3.8) is 0 Å². The first-order chi connectivity index (χ1) is 13.2. The molecule has 0 aromatic heterocycles. The molecule has 0 saturated carbocycles. The van der Waals surface area contributed by atoms with Crippen molar-refractivity contribution in [1.29, 1.82) is 0 Å². The van der Waals surface area contributed by atoms with Gasteiger partial charge < -0.3 is 5.11 Å². The van der Waals surface area contributed by atoms with E-state index in [0.29, 0.717) is 5.02 Å². The number of aliphatic hydroxyl groups excluding tert-OH is 1. The second kappa shape index (κ2) is 9.92. The summed E-state index contributed by atoms with van der Waals surface area (Å²) < 4.78 is 58.6. The zero-order chi connectivity index (χ0) is 20.8. The summed E-state index contributed by atoms with van der Waals surface area (Å²) in [5.74, 6) is -3.86. The summed E-state index contributed by atoms with van der Waals surface area (Å²) in [7, 11) is -4.29. The molecular formula is C19H22ClF2O5P. The predicted octanol–water partition coefficient (Wildman–Crippen LogP) is 5.95. The second-order valence-corrected chi connectivity index (χ2v) is 7.87. The molecule has 0 aliphatic rings. The van der Waals surface area contributed by atoms with Crippen molar-refractivity contribution >= 4 is 19.4 Å². The number of phosphoric acid groups is 1. The summed E-state index contributed by atoms with van der Waals surface area (Å²) in [6.45, 7) is 2.94. The minimum absolute atomic E-state index is 0.0140. The van der Waals surface area contributed by atoms with E-state index in [1.54, 1.807) is 6.07 Å². The van der Waals surface area contributed by atoms with Crippen molar-refractivity contribution in [2.24, 2.45) is 0 Å². The number of hydrogen-bond donors (Lipinski definition) is 1. The number of hydrogen-bond acceptors (Lipinski definition) is 5. The van der Waals surface area contributed by atoms with E-state index in [-0.39, 0.29) is 24.3 Å². The van der Waals surface area contributed by atoms with Crippen LogP contribution in [0.3, 0.4) is 0 Å². The first-order valence-corrected chi connectivity index (χ1v) is 10.5. The standard InChI is InChI=1S/C19H22ClF2O5P/c1-3-25-28(24,26-4-2)27-18(15-8-6-5-7-9-15)19(21,22)17(23)14-10-12-16(20)13-11-14/h5-13,17-18,23H,3-4H2,1-2H3/t17-,18+/m0/s1. The van der Waals surface area contributed by atoms with Gasteiger partial charge in [-0.3, -0.25) is 13.6 Å². The van der Waals surface area contributed by atoms with E-state index in [0.717, 1.165) is 0 Å². The first-order valence-electron chi connectivity index (χ1n) is 8.67. The lowest BCUT2D eigenvalue weighted by molar-refractivity contribution is -0.179. The average molecular weight is 435 g/mol. The van der Waals surface area contributed by atoms with Crippen molar-refractivity contribution in [1.82, 2.24) is 0 Å². The van der Waals surface area contributed by atoms with E-state index in [4.69, 9.17) is 25.2 Å². The van der Waals surface area contributed by atoms with Gasteiger partial charge in [0.15, 0.2) is 6.10 Å². The van der Waals surface area contributed by atoms with Crippen LogP contribution in [0.5, 0.6) is 0 Å². The number of benzene rings is 2. The van der Waals surface area contributed by atoms with Crippen LogP contribution in [0.15, 0.2) is 54.6 Å². The fraction of sp³-hybridized carbons (Fsp3) is 0.368. The normalized spacial score (nSPS) is 14.6. The molecule has 0 radical (unpaired) electrons. The second-order valence-electron chi connectivity index (χ2n) is 5.81. The van der Waals surface area contributed by atoms with Crippen LogP contribution in [-0.2, 0) is 18.1 Å². The van der Waals surface area contributed by atoms with Gasteiger partial charge in [-0.05, 0) is 37.1 Å². The Hall–Kier alpha value is -1.34. The maximum atomic E-state index is 15.3. The van der Waals surface area contributed by atoms with Crippen molar-refractivity contribution in [2.75, 3.05) is 13.2 Å². The zero-order valence-corrected chi connectivity index (χ0v) is 17.1. The van der Waals surface area contributed by atoms with E-state index in [2.05, 4.69) is 0 Å². The van der Waals surface area contributed by atoms with Crippen LogP contribution in [0.1, 0.15) is 37.2 Å². The van der Waals surface area contributed by atoms with Crippen LogP contribution in [-0.4, -0.2) is 24.2 Å². The number of alkyl halides is 2. The van der Waals surface area contributed by atoms with Crippen molar-refractivity contribution in [2.45, 2.75) is 32.0 Å². The Morgan fingerprint density at radius 1 is 1.00 bits per heavy atom. The highest BCUT2D eigenvalue weighted by Crippen LogP contribution is 2.57. The van der Waals surface area contributed by atoms with Crippen LogP contribution >= 0.6 is 19.4 Å². The predicted molar refractivity (Wildman–Crippen MR) is 102 cm³/mol. The number of rotatable bonds is 10. The molecule has 0 spiro atoms. The molecule has 0 aliphatic carbocycles. The van der Waals surface area contributed by atoms with E-state index < -0.39 is 26.0 Å². The molecule has 0 unspecified atom stereocenters. The smallest absolute Gasteiger partial charge is 0.382 e. The molecule has 28 heavy (non-hydrogen) atoms. The number of halogens is 3. The van der Waals surface area contributed by atoms with E-state index in [1.807, 2.05) is 0 Å². The Labute approximate surface area is 167 Å². The molecule has 2 aromatic carbocycles. The van der Waals surface area contributed by atoms with Gasteiger partial charge in [0.25, 0.3) is 0 Å². The van der Waals surface area contributed by atoms with Gasteiger partial charge in [-0.1, -0.05) is 54.1 Å². The monoisotopic (exact) mass is 434 g/mol. The molecule has 154 valence electrons. The molecule has 0 heterocycles. The van der Waals surface area contributed by atoms with Crippen LogP contribution < -0.4 is 0 Å². The summed E-state index contributed by atoms with van der Waals surface area (Å²) in [4.78, 5) is 0. The average Bonchev–Trinajstić information content (AvgIpc) is 2.67. The van der Waals surface area contributed by atoms with E-state index in [1.165, 1.54) is 62.4 Å². The van der Waals surface area contributed by atoms with Gasteiger partial charge in [-0.25, -0.2) is 13.3 Å². The Bertz CT molecular complexity index is 779. The Morgan fingerprint density at radius 2 is 1.54 bits per heavy atom. The number of phosphoric ester groups is 1. The molecule has 2 atom stereocenters.